The van der Waals surface area contributed by atoms with Crippen LogP contribution in [0, 0.1) is 0 Å². The maximum Gasteiger partial charge on any atom is 0 e. The standard InChI is InChI=1S/Nb.3Pd. The quantitative estimate of drug-likeness (QED) is 0.492. The molecule has 0 atom stereocenters. The number of hydrogen-bond acceptors (Lipinski definition) is 0. The number of hydrogen-bond donors (Lipinski definition) is 0. The minimum absolute atomic E-state index is 0. The first-order valence-corrected chi connectivity index (χ1v) is 0. The molecule has 0 aromatic carbocycles. The van der Waals surface area contributed by atoms with E-state index in [-0.39, 0.29) is 83.6 Å². The van der Waals surface area contributed by atoms with Gasteiger partial charge in [0.15, 0.2) is 0 Å². The molecule has 0 aliphatic carbocycles. The zero-order valence-corrected chi connectivity index (χ0v) is 8.26. The van der Waals surface area contributed by atoms with Crippen LogP contribution in [0.5, 0.6) is 0 Å². The van der Waals surface area contributed by atoms with Crippen LogP contribution in [0.1, 0.15) is 0 Å². The molecule has 0 aromatic rings. The maximum absolute atomic E-state index is 0. The van der Waals surface area contributed by atoms with E-state index >= 15 is 0 Å². The molecule has 0 saturated carbocycles. The second-order valence-electron chi connectivity index (χ2n) is 0. The summed E-state index contributed by atoms with van der Waals surface area (Å²) in [5.74, 6) is 0. The van der Waals surface area contributed by atoms with Gasteiger partial charge in [-0.25, -0.2) is 0 Å². The zero-order valence-electron chi connectivity index (χ0n) is 1.40. The van der Waals surface area contributed by atoms with Gasteiger partial charge in [-0.1, -0.05) is 0 Å². The van der Waals surface area contributed by atoms with Crippen molar-refractivity contribution in [3.8, 4) is 0 Å². The summed E-state index contributed by atoms with van der Waals surface area (Å²) in [6, 6.07) is 0. The summed E-state index contributed by atoms with van der Waals surface area (Å²) in [5.41, 5.74) is 0. The molecule has 0 heterocycles. The summed E-state index contributed by atoms with van der Waals surface area (Å²) in [4.78, 5) is 0. The molecule has 0 aromatic heterocycles. The molecule has 0 unspecified atom stereocenters. The monoisotopic (exact) mass is 411 g/mol. The van der Waals surface area contributed by atoms with E-state index in [9.17, 15) is 0 Å². The van der Waals surface area contributed by atoms with Crippen molar-refractivity contribution in [2.45, 2.75) is 0 Å². The van der Waals surface area contributed by atoms with Crippen LogP contribution in [0.4, 0.5) is 0 Å². The van der Waals surface area contributed by atoms with E-state index in [4.69, 9.17) is 0 Å². The fourth-order valence-electron chi connectivity index (χ4n) is 0. The predicted molar refractivity (Wildman–Crippen MR) is 0 cm³/mol. The molecular weight excluding hydrogens is 412 g/mol. The molecule has 1 radical (unpaired) electrons. The Hall–Kier alpha value is 2.73. The van der Waals surface area contributed by atoms with Gasteiger partial charge in [-0.15, -0.1) is 0 Å². The molecule has 0 bridgehead atoms. The topological polar surface area (TPSA) is 0 Å². The van der Waals surface area contributed by atoms with Gasteiger partial charge in [0, 0.05) is 83.6 Å². The van der Waals surface area contributed by atoms with Gasteiger partial charge in [0.25, 0.3) is 0 Å². The molecule has 0 spiro atoms. The summed E-state index contributed by atoms with van der Waals surface area (Å²) in [5, 5.41) is 0. The minimum Gasteiger partial charge on any atom is 0 e. The normalized spacial score (nSPS) is 0. The van der Waals surface area contributed by atoms with Gasteiger partial charge in [-0.3, -0.25) is 0 Å². The van der Waals surface area contributed by atoms with Gasteiger partial charge in [0.1, 0.15) is 0 Å². The fourth-order valence-corrected chi connectivity index (χ4v) is 0. The van der Waals surface area contributed by atoms with Gasteiger partial charge in [-0.2, -0.15) is 0 Å². The van der Waals surface area contributed by atoms with Crippen molar-refractivity contribution >= 4 is 0 Å². The molecule has 0 aliphatic heterocycles. The predicted octanol–water partition coefficient (Wildman–Crippen LogP) is -0.0100. The molecule has 0 saturated heterocycles. The van der Waals surface area contributed by atoms with Crippen LogP contribution in [0.2, 0.25) is 0 Å². The van der Waals surface area contributed by atoms with Crippen molar-refractivity contribution < 1.29 is 83.6 Å². The number of rotatable bonds is 0. The molecular formula is NbPd3. The van der Waals surface area contributed by atoms with Crippen LogP contribution >= 0.6 is 0 Å². The van der Waals surface area contributed by atoms with E-state index in [2.05, 4.69) is 0 Å². The Bertz CT molecular complexity index is 3.25. The first kappa shape index (κ1) is 29.7. The van der Waals surface area contributed by atoms with Crippen molar-refractivity contribution in [2.24, 2.45) is 0 Å². The Morgan fingerprint density at radius 2 is 0.500 bits per heavy atom. The van der Waals surface area contributed by atoms with Crippen molar-refractivity contribution in [2.75, 3.05) is 0 Å². The minimum atomic E-state index is 0. The van der Waals surface area contributed by atoms with Crippen LogP contribution < -0.4 is 0 Å². The Morgan fingerprint density at radius 1 is 0.500 bits per heavy atom. The van der Waals surface area contributed by atoms with Crippen LogP contribution in [0.3, 0.4) is 0 Å². The Morgan fingerprint density at radius 3 is 0.500 bits per heavy atom. The zero-order chi connectivity index (χ0) is 0. The fraction of sp³-hybridized carbons (Fsp3) is 0. The Labute approximate surface area is 82.3 Å². The van der Waals surface area contributed by atoms with Crippen LogP contribution in [-0.2, 0) is 83.6 Å². The molecule has 0 nitrogen and oxygen atoms in total. The molecule has 4 heteroatoms. The molecule has 0 rings (SSSR count). The van der Waals surface area contributed by atoms with Crippen molar-refractivity contribution in [1.29, 1.82) is 0 Å². The Balaban J connectivity index is 0. The summed E-state index contributed by atoms with van der Waals surface area (Å²) < 4.78 is 0. The molecule has 35 valence electrons. The largest absolute Gasteiger partial charge is 0 e. The van der Waals surface area contributed by atoms with E-state index in [0.717, 1.165) is 0 Å². The van der Waals surface area contributed by atoms with E-state index in [0.29, 0.717) is 0 Å². The average Bonchev–Trinajstić information content (AvgIpc) is 0. The second-order valence-corrected chi connectivity index (χ2v) is 0. The third-order valence-electron chi connectivity index (χ3n) is 0. The van der Waals surface area contributed by atoms with Crippen LogP contribution in [-0.4, -0.2) is 0 Å². The molecule has 0 fully saturated rings. The summed E-state index contributed by atoms with van der Waals surface area (Å²) in [6.07, 6.45) is 0. The van der Waals surface area contributed by atoms with Gasteiger partial charge >= 0.3 is 0 Å². The van der Waals surface area contributed by atoms with Gasteiger partial charge in [-0.05, 0) is 0 Å². The van der Waals surface area contributed by atoms with Gasteiger partial charge < -0.3 is 0 Å². The Kier molecular flexibility index (Phi) is 128. The molecule has 0 aliphatic rings. The van der Waals surface area contributed by atoms with Gasteiger partial charge in [0.2, 0.25) is 0 Å². The van der Waals surface area contributed by atoms with E-state index in [1.807, 2.05) is 0 Å². The van der Waals surface area contributed by atoms with Crippen molar-refractivity contribution in [3.05, 3.63) is 0 Å². The first-order chi connectivity index (χ1) is 0. The van der Waals surface area contributed by atoms with Crippen molar-refractivity contribution in [3.63, 3.8) is 0 Å². The summed E-state index contributed by atoms with van der Waals surface area (Å²) >= 11 is 0. The van der Waals surface area contributed by atoms with Gasteiger partial charge in [0.05, 0.1) is 0 Å². The third kappa shape index (κ3) is 8.83. The molecule has 0 amide bonds. The SMILES string of the molecule is [Nb].[Pd].[Pd].[Pd]. The average molecular weight is 412 g/mol. The summed E-state index contributed by atoms with van der Waals surface area (Å²) in [6.45, 7) is 0. The van der Waals surface area contributed by atoms with Crippen LogP contribution in [0.15, 0.2) is 0 Å². The first-order valence-electron chi connectivity index (χ1n) is 0. The third-order valence-corrected chi connectivity index (χ3v) is 0. The van der Waals surface area contributed by atoms with E-state index in [1.54, 1.807) is 0 Å². The van der Waals surface area contributed by atoms with Crippen molar-refractivity contribution in [1.82, 2.24) is 0 Å². The smallest absolute Gasteiger partial charge is 0 e. The van der Waals surface area contributed by atoms with E-state index < -0.39 is 0 Å². The molecule has 0 N–H and O–H groups in total. The summed E-state index contributed by atoms with van der Waals surface area (Å²) in [7, 11) is 0. The van der Waals surface area contributed by atoms with E-state index in [1.165, 1.54) is 0 Å². The van der Waals surface area contributed by atoms with Crippen LogP contribution in [0.25, 0.3) is 0 Å². The molecule has 4 heavy (non-hydrogen) atoms. The maximum atomic E-state index is 0. The second kappa shape index (κ2) is 17.2.